The molecular formula is C11H16ClNO3. The second-order valence-corrected chi connectivity index (χ2v) is 3.37. The standard InChI is InChI=1S/C7H9NO3.C4H7Cl/c9-6-2-1-4-8(6)5-3-7(10)11;1-2-3-4-5/h3,5H,1-2,4H2,(H,10,11);3-4H,2H2,1H3. The largest absolute Gasteiger partial charge is 0.478 e. The van der Waals surface area contributed by atoms with Crippen molar-refractivity contribution in [1.29, 1.82) is 0 Å². The Balaban J connectivity index is 0.000000385. The normalized spacial score (nSPS) is 15.6. The summed E-state index contributed by atoms with van der Waals surface area (Å²) in [6.45, 7) is 2.68. The van der Waals surface area contributed by atoms with E-state index in [1.807, 2.05) is 13.0 Å². The van der Waals surface area contributed by atoms with Gasteiger partial charge >= 0.3 is 5.97 Å². The molecule has 1 amide bonds. The van der Waals surface area contributed by atoms with Crippen LogP contribution in [0.4, 0.5) is 0 Å². The lowest BCUT2D eigenvalue weighted by atomic mass is 10.4. The zero-order chi connectivity index (χ0) is 12.4. The molecule has 0 saturated carbocycles. The van der Waals surface area contributed by atoms with Crippen LogP contribution >= 0.6 is 11.6 Å². The van der Waals surface area contributed by atoms with Crippen LogP contribution in [-0.4, -0.2) is 28.4 Å². The van der Waals surface area contributed by atoms with Crippen LogP contribution in [0.5, 0.6) is 0 Å². The van der Waals surface area contributed by atoms with Crippen molar-refractivity contribution in [1.82, 2.24) is 4.90 Å². The quantitative estimate of drug-likeness (QED) is 0.777. The molecule has 0 aliphatic carbocycles. The average Bonchev–Trinajstić information content (AvgIpc) is 2.63. The number of carbonyl (C=O) groups is 2. The number of likely N-dealkylation sites (tertiary alicyclic amines) is 1. The van der Waals surface area contributed by atoms with Crippen molar-refractivity contribution in [3.63, 3.8) is 0 Å². The molecular weight excluding hydrogens is 230 g/mol. The smallest absolute Gasteiger partial charge is 0.329 e. The molecule has 0 aromatic rings. The number of hydrogen-bond donors (Lipinski definition) is 1. The molecule has 0 aromatic carbocycles. The Kier molecular flexibility index (Phi) is 8.25. The number of amides is 1. The molecule has 4 nitrogen and oxygen atoms in total. The molecule has 1 fully saturated rings. The summed E-state index contributed by atoms with van der Waals surface area (Å²) in [5.41, 5.74) is 1.53. The summed E-state index contributed by atoms with van der Waals surface area (Å²) in [6.07, 6.45) is 6.57. The molecule has 90 valence electrons. The second-order valence-electron chi connectivity index (χ2n) is 3.11. The Morgan fingerprint density at radius 3 is 2.62 bits per heavy atom. The molecule has 1 N–H and O–H groups in total. The van der Waals surface area contributed by atoms with Crippen LogP contribution < -0.4 is 0 Å². The predicted octanol–water partition coefficient (Wildman–Crippen LogP) is 2.36. The lowest BCUT2D eigenvalue weighted by Crippen LogP contribution is -2.17. The second kappa shape index (κ2) is 8.97. The number of halogens is 1. The summed E-state index contributed by atoms with van der Waals surface area (Å²) in [6, 6.07) is 0. The van der Waals surface area contributed by atoms with Crippen LogP contribution in [0.25, 0.3) is 0 Å². The molecule has 0 unspecified atom stereocenters. The lowest BCUT2D eigenvalue weighted by Gasteiger charge is -2.06. The fraction of sp³-hybridized carbons (Fsp3) is 0.455. The Hall–Kier alpha value is -1.29. The van der Waals surface area contributed by atoms with Crippen LogP contribution in [-0.2, 0) is 9.59 Å². The number of hydrogen-bond acceptors (Lipinski definition) is 2. The summed E-state index contributed by atoms with van der Waals surface area (Å²) < 4.78 is 0. The van der Waals surface area contributed by atoms with Crippen molar-refractivity contribution in [2.45, 2.75) is 26.2 Å². The van der Waals surface area contributed by atoms with E-state index in [0.717, 1.165) is 18.9 Å². The molecule has 0 radical (unpaired) electrons. The van der Waals surface area contributed by atoms with Gasteiger partial charge in [-0.15, -0.1) is 0 Å². The molecule has 0 aromatic heterocycles. The monoisotopic (exact) mass is 245 g/mol. The summed E-state index contributed by atoms with van der Waals surface area (Å²) in [7, 11) is 0. The van der Waals surface area contributed by atoms with Crippen molar-refractivity contribution in [3.8, 4) is 0 Å². The van der Waals surface area contributed by atoms with Crippen molar-refractivity contribution < 1.29 is 14.7 Å². The minimum Gasteiger partial charge on any atom is -0.478 e. The number of allylic oxidation sites excluding steroid dienone is 1. The Morgan fingerprint density at radius 1 is 1.62 bits per heavy atom. The third kappa shape index (κ3) is 7.06. The van der Waals surface area contributed by atoms with Gasteiger partial charge in [-0.25, -0.2) is 4.79 Å². The number of carboxylic acid groups (broad SMARTS) is 1. The Labute approximate surface area is 100 Å². The van der Waals surface area contributed by atoms with Gasteiger partial charge in [0.25, 0.3) is 0 Å². The zero-order valence-electron chi connectivity index (χ0n) is 9.23. The third-order valence-corrected chi connectivity index (χ3v) is 2.01. The van der Waals surface area contributed by atoms with Crippen LogP contribution in [0.2, 0.25) is 0 Å². The van der Waals surface area contributed by atoms with Gasteiger partial charge in [-0.05, 0) is 12.8 Å². The van der Waals surface area contributed by atoms with Crippen molar-refractivity contribution in [2.24, 2.45) is 0 Å². The molecule has 0 spiro atoms. The maximum absolute atomic E-state index is 10.9. The molecule has 16 heavy (non-hydrogen) atoms. The highest BCUT2D eigenvalue weighted by atomic mass is 35.5. The van der Waals surface area contributed by atoms with E-state index in [-0.39, 0.29) is 5.91 Å². The first-order valence-corrected chi connectivity index (χ1v) is 5.51. The van der Waals surface area contributed by atoms with Crippen LogP contribution in [0.15, 0.2) is 23.9 Å². The zero-order valence-corrected chi connectivity index (χ0v) is 9.98. The van der Waals surface area contributed by atoms with Gasteiger partial charge in [0.05, 0.1) is 0 Å². The van der Waals surface area contributed by atoms with Gasteiger partial charge < -0.3 is 10.0 Å². The van der Waals surface area contributed by atoms with E-state index >= 15 is 0 Å². The summed E-state index contributed by atoms with van der Waals surface area (Å²) in [5, 5.41) is 8.24. The first-order valence-electron chi connectivity index (χ1n) is 5.07. The molecule has 0 bridgehead atoms. The minimum atomic E-state index is -1.02. The Morgan fingerprint density at radius 2 is 2.31 bits per heavy atom. The molecule has 1 heterocycles. The highest BCUT2D eigenvalue weighted by molar-refractivity contribution is 6.25. The highest BCUT2D eigenvalue weighted by Gasteiger charge is 2.17. The maximum atomic E-state index is 10.9. The van der Waals surface area contributed by atoms with Crippen molar-refractivity contribution >= 4 is 23.5 Å². The lowest BCUT2D eigenvalue weighted by molar-refractivity contribution is -0.131. The van der Waals surface area contributed by atoms with Gasteiger partial charge in [0, 0.05) is 30.8 Å². The van der Waals surface area contributed by atoms with E-state index in [9.17, 15) is 9.59 Å². The SMILES string of the molecule is CCC=CCl.O=C(O)C=CN1CCCC1=O. The van der Waals surface area contributed by atoms with Gasteiger partial charge in [-0.1, -0.05) is 24.6 Å². The van der Waals surface area contributed by atoms with Crippen LogP contribution in [0.3, 0.4) is 0 Å². The first kappa shape index (κ1) is 14.7. The molecule has 5 heteroatoms. The van der Waals surface area contributed by atoms with Gasteiger partial charge in [0.1, 0.15) is 0 Å². The van der Waals surface area contributed by atoms with Gasteiger partial charge in [-0.2, -0.15) is 0 Å². The van der Waals surface area contributed by atoms with Gasteiger partial charge in [-0.3, -0.25) is 4.79 Å². The fourth-order valence-electron chi connectivity index (χ4n) is 1.07. The maximum Gasteiger partial charge on any atom is 0.329 e. The van der Waals surface area contributed by atoms with E-state index in [2.05, 4.69) is 0 Å². The topological polar surface area (TPSA) is 57.6 Å². The molecule has 1 rings (SSSR count). The van der Waals surface area contributed by atoms with E-state index in [1.165, 1.54) is 16.6 Å². The van der Waals surface area contributed by atoms with Crippen LogP contribution in [0.1, 0.15) is 26.2 Å². The summed E-state index contributed by atoms with van der Waals surface area (Å²) in [5.74, 6) is -1.02. The van der Waals surface area contributed by atoms with E-state index in [1.54, 1.807) is 0 Å². The summed E-state index contributed by atoms with van der Waals surface area (Å²) in [4.78, 5) is 22.3. The van der Waals surface area contributed by atoms with Gasteiger partial charge in [0.15, 0.2) is 0 Å². The van der Waals surface area contributed by atoms with E-state index < -0.39 is 5.97 Å². The van der Waals surface area contributed by atoms with E-state index in [0.29, 0.717) is 13.0 Å². The fourth-order valence-corrected chi connectivity index (χ4v) is 1.25. The third-order valence-electron chi connectivity index (χ3n) is 1.83. The van der Waals surface area contributed by atoms with Crippen molar-refractivity contribution in [3.05, 3.63) is 23.9 Å². The highest BCUT2D eigenvalue weighted by Crippen LogP contribution is 2.09. The number of aliphatic carboxylic acids is 1. The number of carbonyl (C=O) groups excluding carboxylic acids is 1. The molecule has 0 atom stereocenters. The summed E-state index contributed by atoms with van der Waals surface area (Å²) >= 11 is 5.12. The van der Waals surface area contributed by atoms with Crippen LogP contribution in [0, 0.1) is 0 Å². The molecule has 1 aliphatic rings. The molecule has 1 aliphatic heterocycles. The predicted molar refractivity (Wildman–Crippen MR) is 63.0 cm³/mol. The molecule has 1 saturated heterocycles. The number of rotatable bonds is 3. The minimum absolute atomic E-state index is 0.00231. The van der Waals surface area contributed by atoms with Gasteiger partial charge in [0.2, 0.25) is 5.91 Å². The number of nitrogens with zero attached hydrogens (tertiary/aromatic N) is 1. The van der Waals surface area contributed by atoms with Crippen molar-refractivity contribution in [2.75, 3.05) is 6.54 Å². The first-order chi connectivity index (χ1) is 7.61. The van der Waals surface area contributed by atoms with E-state index in [4.69, 9.17) is 16.7 Å². The average molecular weight is 246 g/mol. The Bertz CT molecular complexity index is 287. The number of carboxylic acids is 1.